The normalized spacial score (nSPS) is 18.4. The lowest BCUT2D eigenvalue weighted by atomic mass is 10.0. The number of esters is 1. The molecule has 2 rings (SSSR count). The second-order valence-corrected chi connectivity index (χ2v) is 6.19. The lowest BCUT2D eigenvalue weighted by Crippen LogP contribution is -2.50. The number of carbonyl (C=O) groups excluding carboxylic acids is 2. The molecule has 1 unspecified atom stereocenters. The molecule has 1 aromatic carbocycles. The van der Waals surface area contributed by atoms with E-state index in [9.17, 15) is 19.1 Å². The van der Waals surface area contributed by atoms with Crippen LogP contribution in [0.5, 0.6) is 5.75 Å². The summed E-state index contributed by atoms with van der Waals surface area (Å²) >= 11 is 0. The highest BCUT2D eigenvalue weighted by atomic mass is 19.1. The molecule has 3 N–H and O–H groups in total. The van der Waals surface area contributed by atoms with E-state index >= 15 is 0 Å². The number of phenolic OH excluding ortho intramolecular Hbond substituents is 1. The first-order valence-corrected chi connectivity index (χ1v) is 8.08. The van der Waals surface area contributed by atoms with Crippen molar-refractivity contribution in [2.45, 2.75) is 51.3 Å². The Kier molecular flexibility index (Phi) is 6.14. The fourth-order valence-electron chi connectivity index (χ4n) is 2.60. The summed E-state index contributed by atoms with van der Waals surface area (Å²) in [4.78, 5) is 24.5. The molecule has 2 atom stereocenters. The minimum atomic E-state index is -0.911. The number of hydrogen-bond donors (Lipinski definition) is 3. The first kappa shape index (κ1) is 18.2. The van der Waals surface area contributed by atoms with Gasteiger partial charge in [-0.05, 0) is 50.9 Å². The highest BCUT2D eigenvalue weighted by Gasteiger charge is 2.29. The van der Waals surface area contributed by atoms with Gasteiger partial charge in [-0.3, -0.25) is 4.79 Å². The standard InChI is InChI=1S/C17H23FN2O4/c1-10(2)24-17(23)14(20-16(22)13-4-3-7-19-13)9-11-5-6-15(21)12(18)8-11/h5-6,8,10,13-14,19,21H,3-4,7,9H2,1-2H3,(H,20,22)/t13-,14?/m0/s1. The number of carbonyl (C=O) groups is 2. The number of benzene rings is 1. The summed E-state index contributed by atoms with van der Waals surface area (Å²) in [5.74, 6) is -2.06. The first-order valence-electron chi connectivity index (χ1n) is 8.08. The maximum atomic E-state index is 13.5. The summed E-state index contributed by atoms with van der Waals surface area (Å²) in [6, 6.07) is 2.64. The summed E-state index contributed by atoms with van der Waals surface area (Å²) in [5.41, 5.74) is 0.482. The Hall–Kier alpha value is -2.15. The summed E-state index contributed by atoms with van der Waals surface area (Å²) in [6.45, 7) is 4.20. The van der Waals surface area contributed by atoms with Crippen molar-refractivity contribution < 1.29 is 23.8 Å². The molecule has 1 amide bonds. The number of amides is 1. The van der Waals surface area contributed by atoms with E-state index in [4.69, 9.17) is 4.74 Å². The quantitative estimate of drug-likeness (QED) is 0.680. The van der Waals surface area contributed by atoms with E-state index in [1.807, 2.05) is 0 Å². The smallest absolute Gasteiger partial charge is 0.329 e. The average molecular weight is 338 g/mol. The van der Waals surface area contributed by atoms with Crippen LogP contribution in [0.3, 0.4) is 0 Å². The van der Waals surface area contributed by atoms with Gasteiger partial charge in [-0.25, -0.2) is 9.18 Å². The van der Waals surface area contributed by atoms with Crippen LogP contribution in [0.2, 0.25) is 0 Å². The van der Waals surface area contributed by atoms with Crippen LogP contribution in [0.1, 0.15) is 32.3 Å². The second-order valence-electron chi connectivity index (χ2n) is 6.19. The highest BCUT2D eigenvalue weighted by Crippen LogP contribution is 2.18. The number of halogens is 1. The summed E-state index contributed by atoms with van der Waals surface area (Å²) < 4.78 is 18.7. The molecule has 0 aliphatic carbocycles. The minimum absolute atomic E-state index is 0.0845. The van der Waals surface area contributed by atoms with Crippen molar-refractivity contribution in [3.63, 3.8) is 0 Å². The van der Waals surface area contributed by atoms with Gasteiger partial charge < -0.3 is 20.5 Å². The van der Waals surface area contributed by atoms with Crippen LogP contribution < -0.4 is 10.6 Å². The van der Waals surface area contributed by atoms with Crippen molar-refractivity contribution in [3.8, 4) is 5.75 Å². The van der Waals surface area contributed by atoms with Crippen molar-refractivity contribution >= 4 is 11.9 Å². The average Bonchev–Trinajstić information content (AvgIpc) is 3.04. The van der Waals surface area contributed by atoms with Crippen LogP contribution in [-0.2, 0) is 20.7 Å². The number of ether oxygens (including phenoxy) is 1. The molecule has 0 radical (unpaired) electrons. The van der Waals surface area contributed by atoms with E-state index in [1.165, 1.54) is 12.1 Å². The molecular formula is C17H23FN2O4. The number of rotatable bonds is 6. The van der Waals surface area contributed by atoms with Crippen LogP contribution in [0, 0.1) is 5.82 Å². The van der Waals surface area contributed by atoms with Crippen molar-refractivity contribution in [3.05, 3.63) is 29.6 Å². The van der Waals surface area contributed by atoms with Crippen LogP contribution >= 0.6 is 0 Å². The SMILES string of the molecule is CC(C)OC(=O)C(Cc1ccc(O)c(F)c1)NC(=O)[C@@H]1CCCN1. The van der Waals surface area contributed by atoms with Gasteiger partial charge in [0.1, 0.15) is 6.04 Å². The third-order valence-corrected chi connectivity index (χ3v) is 3.78. The van der Waals surface area contributed by atoms with E-state index < -0.39 is 23.6 Å². The molecule has 6 nitrogen and oxygen atoms in total. The van der Waals surface area contributed by atoms with Crippen molar-refractivity contribution in [1.29, 1.82) is 0 Å². The van der Waals surface area contributed by atoms with Gasteiger partial charge in [-0.1, -0.05) is 6.07 Å². The van der Waals surface area contributed by atoms with Gasteiger partial charge in [0.25, 0.3) is 0 Å². The molecule has 1 aliphatic heterocycles. The molecule has 24 heavy (non-hydrogen) atoms. The van der Waals surface area contributed by atoms with Crippen LogP contribution in [0.15, 0.2) is 18.2 Å². The number of aromatic hydroxyl groups is 1. The van der Waals surface area contributed by atoms with Gasteiger partial charge in [0.15, 0.2) is 11.6 Å². The van der Waals surface area contributed by atoms with E-state index in [0.29, 0.717) is 12.0 Å². The Morgan fingerprint density at radius 3 is 2.79 bits per heavy atom. The fourth-order valence-corrected chi connectivity index (χ4v) is 2.60. The van der Waals surface area contributed by atoms with Crippen LogP contribution in [-0.4, -0.2) is 41.7 Å². The van der Waals surface area contributed by atoms with Gasteiger partial charge in [0.2, 0.25) is 5.91 Å². The predicted molar refractivity (Wildman–Crippen MR) is 86.0 cm³/mol. The molecule has 1 aromatic rings. The molecule has 0 aromatic heterocycles. The first-order chi connectivity index (χ1) is 11.4. The Balaban J connectivity index is 2.10. The Morgan fingerprint density at radius 2 is 2.21 bits per heavy atom. The lowest BCUT2D eigenvalue weighted by Gasteiger charge is -2.21. The number of nitrogens with one attached hydrogen (secondary N) is 2. The molecular weight excluding hydrogens is 315 g/mol. The van der Waals surface area contributed by atoms with Crippen molar-refractivity contribution in [1.82, 2.24) is 10.6 Å². The zero-order valence-electron chi connectivity index (χ0n) is 13.8. The Morgan fingerprint density at radius 1 is 1.46 bits per heavy atom. The molecule has 1 saturated heterocycles. The summed E-state index contributed by atoms with van der Waals surface area (Å²) in [6.07, 6.45) is 1.38. The molecule has 1 heterocycles. The van der Waals surface area contributed by atoms with Crippen molar-refractivity contribution in [2.75, 3.05) is 6.54 Å². The minimum Gasteiger partial charge on any atom is -0.505 e. The number of hydrogen-bond acceptors (Lipinski definition) is 5. The van der Waals surface area contributed by atoms with E-state index in [-0.39, 0.29) is 24.5 Å². The molecule has 7 heteroatoms. The van der Waals surface area contributed by atoms with Gasteiger partial charge in [0.05, 0.1) is 12.1 Å². The Labute approximate surface area is 140 Å². The van der Waals surface area contributed by atoms with Crippen molar-refractivity contribution in [2.24, 2.45) is 0 Å². The van der Waals surface area contributed by atoms with E-state index in [0.717, 1.165) is 19.0 Å². The molecule has 132 valence electrons. The zero-order valence-corrected chi connectivity index (χ0v) is 13.8. The Bertz CT molecular complexity index is 600. The topological polar surface area (TPSA) is 87.7 Å². The monoisotopic (exact) mass is 338 g/mol. The van der Waals surface area contributed by atoms with Gasteiger partial charge in [-0.2, -0.15) is 0 Å². The molecule has 0 spiro atoms. The molecule has 1 fully saturated rings. The zero-order chi connectivity index (χ0) is 17.7. The molecule has 0 saturated carbocycles. The molecule has 1 aliphatic rings. The lowest BCUT2D eigenvalue weighted by molar-refractivity contribution is -0.151. The van der Waals surface area contributed by atoms with Gasteiger partial charge in [-0.15, -0.1) is 0 Å². The number of phenols is 1. The highest BCUT2D eigenvalue weighted by molar-refractivity contribution is 5.88. The maximum absolute atomic E-state index is 13.5. The van der Waals surface area contributed by atoms with Crippen LogP contribution in [0.4, 0.5) is 4.39 Å². The third-order valence-electron chi connectivity index (χ3n) is 3.78. The fraction of sp³-hybridized carbons (Fsp3) is 0.529. The predicted octanol–water partition coefficient (Wildman–Crippen LogP) is 1.26. The second kappa shape index (κ2) is 8.10. The largest absolute Gasteiger partial charge is 0.505 e. The third kappa shape index (κ3) is 4.92. The van der Waals surface area contributed by atoms with E-state index in [1.54, 1.807) is 13.8 Å². The maximum Gasteiger partial charge on any atom is 0.329 e. The van der Waals surface area contributed by atoms with Gasteiger partial charge in [0, 0.05) is 6.42 Å². The summed E-state index contributed by atoms with van der Waals surface area (Å²) in [7, 11) is 0. The summed E-state index contributed by atoms with van der Waals surface area (Å²) in [5, 5.41) is 15.0. The van der Waals surface area contributed by atoms with Gasteiger partial charge >= 0.3 is 5.97 Å². The molecule has 0 bridgehead atoms. The van der Waals surface area contributed by atoms with E-state index in [2.05, 4.69) is 10.6 Å². The van der Waals surface area contributed by atoms with Crippen LogP contribution in [0.25, 0.3) is 0 Å².